The van der Waals surface area contributed by atoms with Crippen molar-refractivity contribution in [3.63, 3.8) is 0 Å². The molecule has 4 nitrogen and oxygen atoms in total. The molecule has 1 N–H and O–H groups in total. The maximum absolute atomic E-state index is 6.23. The predicted molar refractivity (Wildman–Crippen MR) is 78.3 cm³/mol. The number of imidazole rings is 1. The SMILES string of the molecule is COCCCNc1nc(C)cn1-c1ccccc1Cl. The molecular weight excluding hydrogens is 262 g/mol. The van der Waals surface area contributed by atoms with Gasteiger partial charge in [-0.25, -0.2) is 4.98 Å². The van der Waals surface area contributed by atoms with Crippen molar-refractivity contribution in [3.05, 3.63) is 41.2 Å². The molecule has 1 aromatic heterocycles. The minimum absolute atomic E-state index is 0.708. The van der Waals surface area contributed by atoms with Crippen molar-refractivity contribution < 1.29 is 4.74 Å². The van der Waals surface area contributed by atoms with Crippen molar-refractivity contribution in [1.82, 2.24) is 9.55 Å². The Morgan fingerprint density at radius 3 is 2.89 bits per heavy atom. The number of halogens is 1. The Labute approximate surface area is 118 Å². The zero-order valence-corrected chi connectivity index (χ0v) is 11.9. The van der Waals surface area contributed by atoms with E-state index in [4.69, 9.17) is 16.3 Å². The van der Waals surface area contributed by atoms with Gasteiger partial charge in [0.1, 0.15) is 0 Å². The van der Waals surface area contributed by atoms with E-state index in [-0.39, 0.29) is 0 Å². The van der Waals surface area contributed by atoms with E-state index in [1.165, 1.54) is 0 Å². The molecule has 0 aliphatic carbocycles. The zero-order chi connectivity index (χ0) is 13.7. The molecule has 2 aromatic rings. The number of benzene rings is 1. The molecule has 0 saturated heterocycles. The van der Waals surface area contributed by atoms with Crippen molar-refractivity contribution in [1.29, 1.82) is 0 Å². The Morgan fingerprint density at radius 2 is 2.16 bits per heavy atom. The number of anilines is 1. The van der Waals surface area contributed by atoms with E-state index in [9.17, 15) is 0 Å². The van der Waals surface area contributed by atoms with Gasteiger partial charge in [0.25, 0.3) is 0 Å². The fourth-order valence-electron chi connectivity index (χ4n) is 1.87. The van der Waals surface area contributed by atoms with Crippen molar-refractivity contribution in [2.24, 2.45) is 0 Å². The van der Waals surface area contributed by atoms with Crippen LogP contribution in [0.1, 0.15) is 12.1 Å². The van der Waals surface area contributed by atoms with Gasteiger partial charge in [0, 0.05) is 26.5 Å². The minimum Gasteiger partial charge on any atom is -0.385 e. The van der Waals surface area contributed by atoms with Gasteiger partial charge in [-0.05, 0) is 25.5 Å². The summed E-state index contributed by atoms with van der Waals surface area (Å²) < 4.78 is 7.01. The molecule has 0 saturated carbocycles. The molecule has 19 heavy (non-hydrogen) atoms. The second-order valence-electron chi connectivity index (χ2n) is 4.30. The second-order valence-corrected chi connectivity index (χ2v) is 4.71. The predicted octanol–water partition coefficient (Wildman–Crippen LogP) is 3.28. The van der Waals surface area contributed by atoms with Gasteiger partial charge in [-0.3, -0.25) is 4.57 Å². The fraction of sp³-hybridized carbons (Fsp3) is 0.357. The van der Waals surface area contributed by atoms with Crippen LogP contribution in [0.4, 0.5) is 5.95 Å². The van der Waals surface area contributed by atoms with Crippen LogP contribution in [0, 0.1) is 6.92 Å². The van der Waals surface area contributed by atoms with E-state index in [0.717, 1.165) is 36.9 Å². The Balaban J connectivity index is 2.19. The molecule has 0 atom stereocenters. The molecule has 102 valence electrons. The van der Waals surface area contributed by atoms with Crippen molar-refractivity contribution in [2.45, 2.75) is 13.3 Å². The molecule has 0 fully saturated rings. The largest absolute Gasteiger partial charge is 0.385 e. The number of hydrogen-bond donors (Lipinski definition) is 1. The van der Waals surface area contributed by atoms with Crippen LogP contribution in [0.5, 0.6) is 0 Å². The minimum atomic E-state index is 0.708. The summed E-state index contributed by atoms with van der Waals surface area (Å²) in [4.78, 5) is 4.48. The molecule has 1 aromatic carbocycles. The normalized spacial score (nSPS) is 10.7. The first-order valence-electron chi connectivity index (χ1n) is 6.26. The third-order valence-electron chi connectivity index (χ3n) is 2.75. The number of aryl methyl sites for hydroxylation is 1. The smallest absolute Gasteiger partial charge is 0.207 e. The maximum atomic E-state index is 6.23. The number of ether oxygens (including phenoxy) is 1. The highest BCUT2D eigenvalue weighted by Crippen LogP contribution is 2.23. The lowest BCUT2D eigenvalue weighted by molar-refractivity contribution is 0.197. The number of para-hydroxylation sites is 1. The molecule has 0 bridgehead atoms. The number of hydrogen-bond acceptors (Lipinski definition) is 3. The van der Waals surface area contributed by atoms with Crippen LogP contribution in [0.15, 0.2) is 30.5 Å². The Kier molecular flexibility index (Phi) is 4.82. The average Bonchev–Trinajstić information content (AvgIpc) is 2.76. The standard InChI is InChI=1S/C14H18ClN3O/c1-11-10-18(13-7-4-3-6-12(13)15)14(17-11)16-8-5-9-19-2/h3-4,6-7,10H,5,8-9H2,1-2H3,(H,16,17). The monoisotopic (exact) mass is 279 g/mol. The summed E-state index contributed by atoms with van der Waals surface area (Å²) in [5, 5.41) is 4.02. The first kappa shape index (κ1) is 13.9. The van der Waals surface area contributed by atoms with Crippen LogP contribution in [-0.2, 0) is 4.74 Å². The summed E-state index contributed by atoms with van der Waals surface area (Å²) in [7, 11) is 1.70. The lowest BCUT2D eigenvalue weighted by atomic mass is 10.3. The van der Waals surface area contributed by atoms with Gasteiger partial charge in [-0.15, -0.1) is 0 Å². The Hall–Kier alpha value is -1.52. The second kappa shape index (κ2) is 6.59. The van der Waals surface area contributed by atoms with Gasteiger partial charge < -0.3 is 10.1 Å². The number of rotatable bonds is 6. The molecule has 0 aliphatic rings. The average molecular weight is 280 g/mol. The number of nitrogens with one attached hydrogen (secondary N) is 1. The summed E-state index contributed by atoms with van der Waals surface area (Å²) in [6, 6.07) is 7.73. The third-order valence-corrected chi connectivity index (χ3v) is 3.07. The van der Waals surface area contributed by atoms with Gasteiger partial charge in [-0.1, -0.05) is 23.7 Å². The van der Waals surface area contributed by atoms with Crippen LogP contribution >= 0.6 is 11.6 Å². The van der Waals surface area contributed by atoms with Crippen LogP contribution in [0.25, 0.3) is 5.69 Å². The number of aromatic nitrogens is 2. The third kappa shape index (κ3) is 3.49. The highest BCUT2D eigenvalue weighted by molar-refractivity contribution is 6.32. The van der Waals surface area contributed by atoms with E-state index >= 15 is 0 Å². The van der Waals surface area contributed by atoms with Crippen molar-refractivity contribution >= 4 is 17.5 Å². The summed E-state index contributed by atoms with van der Waals surface area (Å²) in [5.74, 6) is 0.807. The molecule has 0 radical (unpaired) electrons. The van der Waals surface area contributed by atoms with E-state index in [1.807, 2.05) is 42.0 Å². The molecule has 0 aliphatic heterocycles. The van der Waals surface area contributed by atoms with Crippen molar-refractivity contribution in [2.75, 3.05) is 25.6 Å². The number of nitrogens with zero attached hydrogens (tertiary/aromatic N) is 2. The number of methoxy groups -OCH3 is 1. The van der Waals surface area contributed by atoms with Crippen LogP contribution in [0.3, 0.4) is 0 Å². The van der Waals surface area contributed by atoms with Crippen LogP contribution < -0.4 is 5.32 Å². The van der Waals surface area contributed by atoms with Crippen molar-refractivity contribution in [3.8, 4) is 5.69 Å². The Bertz CT molecular complexity index is 539. The molecular formula is C14H18ClN3O. The van der Waals surface area contributed by atoms with Crippen LogP contribution in [0.2, 0.25) is 5.02 Å². The maximum Gasteiger partial charge on any atom is 0.207 e. The fourth-order valence-corrected chi connectivity index (χ4v) is 2.10. The molecule has 0 unspecified atom stereocenters. The Morgan fingerprint density at radius 1 is 1.37 bits per heavy atom. The summed E-state index contributed by atoms with van der Waals surface area (Å²) >= 11 is 6.23. The first-order valence-corrected chi connectivity index (χ1v) is 6.64. The lowest BCUT2D eigenvalue weighted by Gasteiger charge is -2.10. The molecule has 2 rings (SSSR count). The van der Waals surface area contributed by atoms with E-state index in [1.54, 1.807) is 7.11 Å². The van der Waals surface area contributed by atoms with Gasteiger partial charge >= 0.3 is 0 Å². The van der Waals surface area contributed by atoms with Gasteiger partial charge in [0.15, 0.2) is 0 Å². The molecule has 1 heterocycles. The summed E-state index contributed by atoms with van der Waals surface area (Å²) in [6.07, 6.45) is 2.91. The quantitative estimate of drug-likeness (QED) is 0.825. The molecule has 0 amide bonds. The lowest BCUT2D eigenvalue weighted by Crippen LogP contribution is -2.09. The summed E-state index contributed by atoms with van der Waals surface area (Å²) in [6.45, 7) is 3.52. The van der Waals surface area contributed by atoms with Gasteiger partial charge in [0.2, 0.25) is 5.95 Å². The molecule has 0 spiro atoms. The summed E-state index contributed by atoms with van der Waals surface area (Å²) in [5.41, 5.74) is 1.88. The van der Waals surface area contributed by atoms with Gasteiger partial charge in [0.05, 0.1) is 16.4 Å². The molecule has 5 heteroatoms. The highest BCUT2D eigenvalue weighted by Gasteiger charge is 2.09. The van der Waals surface area contributed by atoms with E-state index in [2.05, 4.69) is 10.3 Å². The van der Waals surface area contributed by atoms with Gasteiger partial charge in [-0.2, -0.15) is 0 Å². The highest BCUT2D eigenvalue weighted by atomic mass is 35.5. The topological polar surface area (TPSA) is 39.1 Å². The zero-order valence-electron chi connectivity index (χ0n) is 11.2. The van der Waals surface area contributed by atoms with Crippen LogP contribution in [-0.4, -0.2) is 29.8 Å². The van der Waals surface area contributed by atoms with E-state index in [0.29, 0.717) is 5.02 Å². The first-order chi connectivity index (χ1) is 9.22. The van der Waals surface area contributed by atoms with E-state index < -0.39 is 0 Å².